The molecule has 18 heavy (non-hydrogen) atoms. The van der Waals surface area contributed by atoms with Crippen LogP contribution in [0.5, 0.6) is 5.88 Å². The Morgan fingerprint density at radius 1 is 1.39 bits per heavy atom. The molecule has 1 aliphatic rings. The van der Waals surface area contributed by atoms with Gasteiger partial charge in [-0.05, 0) is 37.4 Å². The Morgan fingerprint density at radius 3 is 2.94 bits per heavy atom. The lowest BCUT2D eigenvalue weighted by molar-refractivity contribution is 0.455. The minimum atomic E-state index is 0.0256. The topological polar surface area (TPSA) is 77.1 Å². The average Bonchev–Trinajstić information content (AvgIpc) is 2.81. The van der Waals surface area contributed by atoms with E-state index in [0.717, 1.165) is 16.8 Å². The maximum Gasteiger partial charge on any atom is 0.215 e. The molecule has 0 amide bonds. The number of nitrogens with zero attached hydrogens (tertiary/aromatic N) is 2. The number of hydrogen-bond donors (Lipinski definition) is 3. The fourth-order valence-corrected chi connectivity index (χ4v) is 2.14. The van der Waals surface area contributed by atoms with Gasteiger partial charge in [-0.2, -0.15) is 0 Å². The van der Waals surface area contributed by atoms with Crippen molar-refractivity contribution in [2.24, 2.45) is 4.99 Å². The van der Waals surface area contributed by atoms with E-state index in [1.807, 2.05) is 25.1 Å². The Kier molecular flexibility index (Phi) is 2.38. The molecule has 0 spiro atoms. The van der Waals surface area contributed by atoms with Gasteiger partial charge >= 0.3 is 0 Å². The highest BCUT2D eigenvalue weighted by molar-refractivity contribution is 7.71. The molecule has 0 fully saturated rings. The number of aromatic amines is 2. The van der Waals surface area contributed by atoms with Crippen LogP contribution in [0.25, 0.3) is 11.6 Å². The van der Waals surface area contributed by atoms with Crippen LogP contribution in [-0.2, 0) is 0 Å². The Morgan fingerprint density at radius 2 is 2.22 bits per heavy atom. The fourth-order valence-electron chi connectivity index (χ4n) is 1.93. The zero-order chi connectivity index (χ0) is 12.7. The summed E-state index contributed by atoms with van der Waals surface area (Å²) < 4.78 is 0.387. The summed E-state index contributed by atoms with van der Waals surface area (Å²) >= 11 is 4.93. The summed E-state index contributed by atoms with van der Waals surface area (Å²) in [5.41, 5.74) is 3.29. The molecule has 90 valence electrons. The molecule has 0 atom stereocenters. The van der Waals surface area contributed by atoms with Gasteiger partial charge in [-0.25, -0.2) is 9.98 Å². The fraction of sp³-hybridized carbons (Fsp3) is 0.0833. The lowest BCUT2D eigenvalue weighted by Crippen LogP contribution is -1.90. The summed E-state index contributed by atoms with van der Waals surface area (Å²) in [6.07, 6.45) is 3.52. The molecule has 0 saturated carbocycles. The third kappa shape index (κ3) is 1.67. The minimum absolute atomic E-state index is 0.0256. The van der Waals surface area contributed by atoms with Gasteiger partial charge in [-0.15, -0.1) is 0 Å². The van der Waals surface area contributed by atoms with Crippen molar-refractivity contribution in [1.82, 2.24) is 15.0 Å². The molecule has 2 aromatic rings. The van der Waals surface area contributed by atoms with E-state index in [9.17, 15) is 5.11 Å². The number of pyridine rings is 1. The number of aliphatic imine (C=N–C) groups is 1. The van der Waals surface area contributed by atoms with Gasteiger partial charge in [0.2, 0.25) is 5.88 Å². The molecule has 5 nitrogen and oxygen atoms in total. The van der Waals surface area contributed by atoms with E-state index in [1.165, 1.54) is 0 Å². The second-order valence-corrected chi connectivity index (χ2v) is 4.38. The zero-order valence-corrected chi connectivity index (χ0v) is 10.4. The highest BCUT2D eigenvalue weighted by atomic mass is 32.1. The van der Waals surface area contributed by atoms with Gasteiger partial charge in [0.1, 0.15) is 5.69 Å². The van der Waals surface area contributed by atoms with Crippen LogP contribution in [0.4, 0.5) is 5.82 Å². The van der Waals surface area contributed by atoms with Gasteiger partial charge in [0.25, 0.3) is 0 Å². The normalized spacial score (nSPS) is 15.8. The van der Waals surface area contributed by atoms with Crippen molar-refractivity contribution in [2.75, 3.05) is 0 Å². The van der Waals surface area contributed by atoms with Crippen LogP contribution in [0.15, 0.2) is 23.3 Å². The summed E-state index contributed by atoms with van der Waals surface area (Å²) in [7, 11) is 0. The molecule has 2 aromatic heterocycles. The number of aromatic hydroxyl groups is 1. The maximum absolute atomic E-state index is 9.67. The molecular formula is C12H10N4OS. The quantitative estimate of drug-likeness (QED) is 0.688. The van der Waals surface area contributed by atoms with E-state index in [1.54, 1.807) is 6.20 Å². The largest absolute Gasteiger partial charge is 0.493 e. The van der Waals surface area contributed by atoms with Gasteiger partial charge in [0.15, 0.2) is 10.6 Å². The Balaban J connectivity index is 2.16. The second-order valence-electron chi connectivity index (χ2n) is 3.97. The number of fused-ring (bicyclic) bond motifs is 1. The van der Waals surface area contributed by atoms with Gasteiger partial charge in [0, 0.05) is 23.0 Å². The van der Waals surface area contributed by atoms with E-state index in [-0.39, 0.29) is 5.88 Å². The third-order valence-corrected chi connectivity index (χ3v) is 2.97. The summed E-state index contributed by atoms with van der Waals surface area (Å²) in [5.74, 6) is 0.729. The standard InChI is InChI=1S/C12H10N4OS/c1-6-8(5-9-11(17)16-12(18)15-9)7-3-2-4-13-10(7)14-6/h2-5,17H,1H3,(H2,15,16,18). The molecule has 3 heterocycles. The highest BCUT2D eigenvalue weighted by Crippen LogP contribution is 2.34. The van der Waals surface area contributed by atoms with Crippen molar-refractivity contribution in [3.63, 3.8) is 0 Å². The lowest BCUT2D eigenvalue weighted by Gasteiger charge is -1.99. The van der Waals surface area contributed by atoms with Gasteiger partial charge < -0.3 is 15.1 Å². The minimum Gasteiger partial charge on any atom is -0.493 e. The van der Waals surface area contributed by atoms with Crippen LogP contribution < -0.4 is 0 Å². The number of allylic oxidation sites excluding steroid dienone is 1. The summed E-state index contributed by atoms with van der Waals surface area (Å²) in [5, 5.41) is 9.67. The molecule has 3 rings (SSSR count). The van der Waals surface area contributed by atoms with Crippen LogP contribution in [-0.4, -0.2) is 25.8 Å². The van der Waals surface area contributed by atoms with Crippen molar-refractivity contribution in [1.29, 1.82) is 0 Å². The van der Waals surface area contributed by atoms with Gasteiger partial charge in [0.05, 0.1) is 0 Å². The van der Waals surface area contributed by atoms with Gasteiger partial charge in [-0.3, -0.25) is 0 Å². The highest BCUT2D eigenvalue weighted by Gasteiger charge is 2.18. The van der Waals surface area contributed by atoms with E-state index in [2.05, 4.69) is 19.9 Å². The predicted molar refractivity (Wildman–Crippen MR) is 72.5 cm³/mol. The molecule has 0 unspecified atom stereocenters. The predicted octanol–water partition coefficient (Wildman–Crippen LogP) is 2.82. The monoisotopic (exact) mass is 258 g/mol. The first kappa shape index (κ1) is 10.9. The van der Waals surface area contributed by atoms with Crippen LogP contribution >= 0.6 is 12.2 Å². The Labute approximate surface area is 108 Å². The number of imidazole rings is 1. The smallest absolute Gasteiger partial charge is 0.215 e. The van der Waals surface area contributed by atoms with Crippen LogP contribution in [0, 0.1) is 4.77 Å². The van der Waals surface area contributed by atoms with Crippen LogP contribution in [0.3, 0.4) is 0 Å². The van der Waals surface area contributed by atoms with Crippen LogP contribution in [0.1, 0.15) is 18.2 Å². The number of rotatable bonds is 1. The first-order valence-electron chi connectivity index (χ1n) is 5.39. The van der Waals surface area contributed by atoms with Gasteiger partial charge in [-0.1, -0.05) is 0 Å². The Hall–Kier alpha value is -2.21. The molecule has 1 aliphatic heterocycles. The number of nitrogens with one attached hydrogen (secondary N) is 2. The molecule has 0 bridgehead atoms. The third-order valence-electron chi connectivity index (χ3n) is 2.76. The van der Waals surface area contributed by atoms with Crippen molar-refractivity contribution in [2.45, 2.75) is 6.92 Å². The molecule has 0 aliphatic carbocycles. The van der Waals surface area contributed by atoms with Crippen molar-refractivity contribution in [3.05, 3.63) is 34.4 Å². The zero-order valence-electron chi connectivity index (χ0n) is 9.56. The van der Waals surface area contributed by atoms with Crippen molar-refractivity contribution < 1.29 is 5.11 Å². The maximum atomic E-state index is 9.67. The summed E-state index contributed by atoms with van der Waals surface area (Å²) in [6.45, 7) is 1.91. The van der Waals surface area contributed by atoms with Crippen molar-refractivity contribution in [3.8, 4) is 5.88 Å². The van der Waals surface area contributed by atoms with E-state index in [0.29, 0.717) is 16.3 Å². The summed E-state index contributed by atoms with van der Waals surface area (Å²) in [4.78, 5) is 14.1. The van der Waals surface area contributed by atoms with Crippen molar-refractivity contribution >= 4 is 35.4 Å². The van der Waals surface area contributed by atoms with Crippen LogP contribution in [0.2, 0.25) is 0 Å². The molecular weight excluding hydrogens is 248 g/mol. The SMILES string of the molecule is CC1=Nc2ncccc2C1=Cc1[nH]c(=S)[nH]c1O. The first-order valence-corrected chi connectivity index (χ1v) is 5.80. The Bertz CT molecular complexity index is 739. The molecule has 0 aromatic carbocycles. The number of aromatic nitrogens is 3. The molecule has 6 heteroatoms. The lowest BCUT2D eigenvalue weighted by atomic mass is 10.0. The van der Waals surface area contributed by atoms with E-state index < -0.39 is 0 Å². The van der Waals surface area contributed by atoms with E-state index in [4.69, 9.17) is 12.2 Å². The van der Waals surface area contributed by atoms with E-state index >= 15 is 0 Å². The summed E-state index contributed by atoms with van der Waals surface area (Å²) in [6, 6.07) is 3.81. The molecule has 3 N–H and O–H groups in total. The second kappa shape index (κ2) is 3.92. The average molecular weight is 258 g/mol. The first-order chi connectivity index (χ1) is 8.65. The molecule has 0 radical (unpaired) electrons. The number of hydrogen-bond acceptors (Lipinski definition) is 4. The number of H-pyrrole nitrogens is 2. The molecule has 0 saturated heterocycles.